The lowest BCUT2D eigenvalue weighted by Gasteiger charge is -2.33. The molecular weight excluding hydrogens is 797 g/mol. The predicted molar refractivity (Wildman–Crippen MR) is 278 cm³/mol. The number of nitrogens with zero attached hydrogens (tertiary/aromatic N) is 2. The highest BCUT2D eigenvalue weighted by molar-refractivity contribution is 6.13. The van der Waals surface area contributed by atoms with E-state index < -0.39 is 0 Å². The molecule has 2 nitrogen and oxygen atoms in total. The Labute approximate surface area is 385 Å². The second-order valence-electron chi connectivity index (χ2n) is 20.1. The summed E-state index contributed by atoms with van der Waals surface area (Å²) < 4.78 is 5.05. The zero-order valence-electron chi connectivity index (χ0n) is 37.7. The Balaban J connectivity index is 0.932. The Kier molecular flexibility index (Phi) is 7.67. The molecule has 0 spiro atoms. The van der Waals surface area contributed by atoms with Crippen LogP contribution in [0.2, 0.25) is 0 Å². The topological polar surface area (TPSA) is 9.86 Å². The molecule has 3 aliphatic rings. The third-order valence-electron chi connectivity index (χ3n) is 16.0. The van der Waals surface area contributed by atoms with Crippen LogP contribution in [-0.4, -0.2) is 9.13 Å². The first-order valence-electron chi connectivity index (χ1n) is 23.6. The van der Waals surface area contributed by atoms with Gasteiger partial charge in [0.05, 0.1) is 27.8 Å². The Hall–Kier alpha value is -7.68. The SMILES string of the molecule is CC1(C)C2=CC3c4c(cc(-n5c6ccccc6c6ccc(-c7ccccc7)cc65)c5ccccc45)C(C)(C)C3C=C2c2ccc(-n3c4ccccc4c4ccc(-c5ccccc5)cc43)cc21. The van der Waals surface area contributed by atoms with Gasteiger partial charge >= 0.3 is 0 Å². The number of benzene rings is 9. The molecule has 314 valence electrons. The summed E-state index contributed by atoms with van der Waals surface area (Å²) in [6.07, 6.45) is 5.37. The molecule has 0 saturated carbocycles. The van der Waals surface area contributed by atoms with Crippen LogP contribution in [-0.2, 0) is 10.8 Å². The maximum atomic E-state index is 2.69. The summed E-state index contributed by atoms with van der Waals surface area (Å²) in [5, 5.41) is 7.79. The fraction of sp³-hybridized carbons (Fsp3) is 0.125. The van der Waals surface area contributed by atoms with Crippen LogP contribution in [0.25, 0.3) is 93.6 Å². The molecule has 0 N–H and O–H groups in total. The number of rotatable bonds is 4. The molecule has 0 amide bonds. The molecule has 2 aromatic heterocycles. The van der Waals surface area contributed by atoms with Crippen molar-refractivity contribution in [3.63, 3.8) is 0 Å². The zero-order valence-corrected chi connectivity index (χ0v) is 37.7. The average Bonchev–Trinajstić information content (AvgIpc) is 4.01. The summed E-state index contributed by atoms with van der Waals surface area (Å²) in [7, 11) is 0. The normalized spacial score (nSPS) is 17.8. The minimum absolute atomic E-state index is 0.117. The van der Waals surface area contributed by atoms with Gasteiger partial charge in [0.15, 0.2) is 0 Å². The van der Waals surface area contributed by atoms with Crippen molar-refractivity contribution in [3.05, 3.63) is 234 Å². The lowest BCUT2D eigenvalue weighted by Crippen LogP contribution is -2.27. The molecule has 11 aromatic rings. The lowest BCUT2D eigenvalue weighted by atomic mass is 9.70. The molecule has 0 fully saturated rings. The molecule has 2 heteroatoms. The maximum absolute atomic E-state index is 2.69. The van der Waals surface area contributed by atoms with Gasteiger partial charge in [-0.2, -0.15) is 0 Å². The number of aromatic nitrogens is 2. The summed E-state index contributed by atoms with van der Waals surface area (Å²) >= 11 is 0. The number of hydrogen-bond acceptors (Lipinski definition) is 0. The van der Waals surface area contributed by atoms with Crippen molar-refractivity contribution in [3.8, 4) is 33.6 Å². The van der Waals surface area contributed by atoms with Crippen molar-refractivity contribution < 1.29 is 0 Å². The molecule has 3 aliphatic carbocycles. The van der Waals surface area contributed by atoms with E-state index in [4.69, 9.17) is 0 Å². The average molecular weight is 845 g/mol. The number of para-hydroxylation sites is 2. The Morgan fingerprint density at radius 1 is 0.394 bits per heavy atom. The van der Waals surface area contributed by atoms with Crippen LogP contribution in [0.4, 0.5) is 0 Å². The van der Waals surface area contributed by atoms with Crippen LogP contribution in [0.5, 0.6) is 0 Å². The zero-order chi connectivity index (χ0) is 44.1. The van der Waals surface area contributed by atoms with Gasteiger partial charge in [0.1, 0.15) is 0 Å². The molecule has 66 heavy (non-hydrogen) atoms. The fourth-order valence-electron chi connectivity index (χ4n) is 12.7. The minimum atomic E-state index is -0.182. The number of allylic oxidation sites excluding steroid dienone is 4. The summed E-state index contributed by atoms with van der Waals surface area (Å²) in [4.78, 5) is 0. The first-order chi connectivity index (χ1) is 32.3. The fourth-order valence-corrected chi connectivity index (χ4v) is 12.7. The summed E-state index contributed by atoms with van der Waals surface area (Å²) in [5.74, 6) is 0.570. The van der Waals surface area contributed by atoms with E-state index in [1.54, 1.807) is 0 Å². The van der Waals surface area contributed by atoms with Crippen LogP contribution in [0, 0.1) is 5.92 Å². The van der Waals surface area contributed by atoms with Crippen molar-refractivity contribution in [1.29, 1.82) is 0 Å². The highest BCUT2D eigenvalue weighted by Gasteiger charge is 2.51. The highest BCUT2D eigenvalue weighted by atomic mass is 15.0. The van der Waals surface area contributed by atoms with Gasteiger partial charge in [0.25, 0.3) is 0 Å². The van der Waals surface area contributed by atoms with E-state index in [1.807, 2.05) is 0 Å². The molecule has 2 heterocycles. The van der Waals surface area contributed by atoms with Gasteiger partial charge in [-0.15, -0.1) is 0 Å². The first-order valence-corrected chi connectivity index (χ1v) is 23.6. The van der Waals surface area contributed by atoms with E-state index in [1.165, 1.54) is 121 Å². The van der Waals surface area contributed by atoms with Crippen molar-refractivity contribution in [1.82, 2.24) is 9.13 Å². The molecule has 9 aromatic carbocycles. The van der Waals surface area contributed by atoms with E-state index in [-0.39, 0.29) is 16.7 Å². The second kappa shape index (κ2) is 13.4. The van der Waals surface area contributed by atoms with Crippen molar-refractivity contribution >= 4 is 60.0 Å². The molecule has 0 bridgehead atoms. The van der Waals surface area contributed by atoms with Crippen LogP contribution in [0.3, 0.4) is 0 Å². The first kappa shape index (κ1) is 37.7. The van der Waals surface area contributed by atoms with E-state index in [2.05, 4.69) is 243 Å². The monoisotopic (exact) mass is 844 g/mol. The summed E-state index contributed by atoms with van der Waals surface area (Å²) in [6, 6.07) is 72.5. The van der Waals surface area contributed by atoms with Crippen molar-refractivity contribution in [2.75, 3.05) is 0 Å². The van der Waals surface area contributed by atoms with Gasteiger partial charge in [-0.25, -0.2) is 0 Å². The molecule has 14 rings (SSSR count). The lowest BCUT2D eigenvalue weighted by molar-refractivity contribution is 0.393. The largest absolute Gasteiger partial charge is 0.309 e. The molecule has 0 radical (unpaired) electrons. The molecular formula is C64H48N2. The van der Waals surface area contributed by atoms with Crippen molar-refractivity contribution in [2.45, 2.75) is 44.4 Å². The number of fused-ring (bicyclic) bond motifs is 14. The van der Waals surface area contributed by atoms with E-state index in [0.717, 1.165) is 0 Å². The van der Waals surface area contributed by atoms with E-state index in [9.17, 15) is 0 Å². The van der Waals surface area contributed by atoms with E-state index in [0.29, 0.717) is 5.92 Å². The predicted octanol–water partition coefficient (Wildman–Crippen LogP) is 16.7. The third-order valence-corrected chi connectivity index (χ3v) is 16.0. The van der Waals surface area contributed by atoms with Gasteiger partial charge in [0, 0.05) is 44.0 Å². The number of hydrogen-bond donors (Lipinski definition) is 0. The Morgan fingerprint density at radius 3 is 1.56 bits per heavy atom. The van der Waals surface area contributed by atoms with Crippen LogP contribution in [0.1, 0.15) is 55.9 Å². The van der Waals surface area contributed by atoms with Gasteiger partial charge in [0.2, 0.25) is 0 Å². The molecule has 0 saturated heterocycles. The van der Waals surface area contributed by atoms with Crippen LogP contribution >= 0.6 is 0 Å². The Morgan fingerprint density at radius 2 is 0.924 bits per heavy atom. The Bertz CT molecular complexity index is 3930. The third kappa shape index (κ3) is 5.07. The molecule has 2 unspecified atom stereocenters. The second-order valence-corrected chi connectivity index (χ2v) is 20.1. The highest BCUT2D eigenvalue weighted by Crippen LogP contribution is 2.62. The van der Waals surface area contributed by atoms with Crippen LogP contribution < -0.4 is 0 Å². The molecule has 0 aliphatic heterocycles. The summed E-state index contributed by atoms with van der Waals surface area (Å²) in [6.45, 7) is 9.91. The van der Waals surface area contributed by atoms with Gasteiger partial charge in [-0.1, -0.05) is 192 Å². The maximum Gasteiger partial charge on any atom is 0.0547 e. The van der Waals surface area contributed by atoms with Gasteiger partial charge in [-0.3, -0.25) is 0 Å². The summed E-state index contributed by atoms with van der Waals surface area (Å²) in [5.41, 5.74) is 20.7. The standard InChI is InChI=1S/C64H48N2/c1-63(2)53-35-43(65-57-25-15-13-21-45(57)48-30-27-41(33-59(48)65)39-17-7-5-8-18-39)29-32-44(53)51-36-55-52(37-54(51)63)62-50-24-12-11-23-47(50)61(38-56(62)64(55,3)4)66-58-26-16-14-22-46(58)49-31-28-42(34-60(49)66)40-19-9-6-10-20-40/h5-38,52,55H,1-4H3. The molecule has 2 atom stereocenters. The van der Waals surface area contributed by atoms with Gasteiger partial charge in [-0.05, 0) is 115 Å². The van der Waals surface area contributed by atoms with E-state index >= 15 is 0 Å². The smallest absolute Gasteiger partial charge is 0.0547 e. The van der Waals surface area contributed by atoms with Gasteiger partial charge < -0.3 is 9.13 Å². The van der Waals surface area contributed by atoms with Crippen LogP contribution in [0.15, 0.2) is 212 Å². The minimum Gasteiger partial charge on any atom is -0.309 e. The van der Waals surface area contributed by atoms with Crippen molar-refractivity contribution in [2.24, 2.45) is 5.92 Å². The quantitative estimate of drug-likeness (QED) is 0.167.